The number of aliphatic hydroxyl groups is 1. The highest BCUT2D eigenvalue weighted by molar-refractivity contribution is 9.10. The molecular formula is C14H20BrFN2O. The van der Waals surface area contributed by atoms with Gasteiger partial charge < -0.3 is 16.2 Å². The summed E-state index contributed by atoms with van der Waals surface area (Å²) in [6, 6.07) is 2.94. The maximum Gasteiger partial charge on any atom is 0.139 e. The van der Waals surface area contributed by atoms with Gasteiger partial charge in [-0.2, -0.15) is 0 Å². The molecule has 0 amide bonds. The minimum absolute atomic E-state index is 0.0362. The standard InChI is InChI=1S/C14H20BrFN2O/c1-9-3-2-4-14(7-9,8-19)18-13-6-11(16)10(15)5-12(13)17/h5-6,9,18-19H,2-4,7-8,17H2,1H3. The van der Waals surface area contributed by atoms with Crippen molar-refractivity contribution in [3.8, 4) is 0 Å². The van der Waals surface area contributed by atoms with Crippen LogP contribution in [0.2, 0.25) is 0 Å². The number of aliphatic hydroxyl groups excluding tert-OH is 1. The number of nitrogen functional groups attached to an aromatic ring is 1. The molecule has 2 atom stereocenters. The summed E-state index contributed by atoms with van der Waals surface area (Å²) in [5.41, 5.74) is 6.58. The molecule has 106 valence electrons. The van der Waals surface area contributed by atoms with Gasteiger partial charge in [-0.3, -0.25) is 0 Å². The van der Waals surface area contributed by atoms with Crippen molar-refractivity contribution in [2.45, 2.75) is 38.1 Å². The van der Waals surface area contributed by atoms with E-state index in [4.69, 9.17) is 5.73 Å². The van der Waals surface area contributed by atoms with Gasteiger partial charge in [0, 0.05) is 6.07 Å². The summed E-state index contributed by atoms with van der Waals surface area (Å²) >= 11 is 3.11. The third-order valence-electron chi connectivity index (χ3n) is 3.89. The Morgan fingerprint density at radius 3 is 2.95 bits per heavy atom. The Kier molecular flexibility index (Phi) is 4.36. The van der Waals surface area contributed by atoms with Crippen LogP contribution in [0.25, 0.3) is 0 Å². The summed E-state index contributed by atoms with van der Waals surface area (Å²) in [7, 11) is 0. The number of hydrogen-bond donors (Lipinski definition) is 3. The quantitative estimate of drug-likeness (QED) is 0.743. The topological polar surface area (TPSA) is 58.3 Å². The molecule has 0 spiro atoms. The smallest absolute Gasteiger partial charge is 0.139 e. The summed E-state index contributed by atoms with van der Waals surface area (Å²) in [6.45, 7) is 2.21. The monoisotopic (exact) mass is 330 g/mol. The van der Waals surface area contributed by atoms with Crippen LogP contribution in [0.15, 0.2) is 16.6 Å². The van der Waals surface area contributed by atoms with Crippen molar-refractivity contribution in [2.24, 2.45) is 5.92 Å². The van der Waals surface area contributed by atoms with Crippen LogP contribution in [-0.4, -0.2) is 17.3 Å². The van der Waals surface area contributed by atoms with Gasteiger partial charge in [-0.15, -0.1) is 0 Å². The highest BCUT2D eigenvalue weighted by Gasteiger charge is 2.34. The lowest BCUT2D eigenvalue weighted by Crippen LogP contribution is -2.46. The molecular weight excluding hydrogens is 311 g/mol. The zero-order chi connectivity index (χ0) is 14.0. The number of hydrogen-bond acceptors (Lipinski definition) is 3. The Morgan fingerprint density at radius 1 is 1.58 bits per heavy atom. The molecule has 4 N–H and O–H groups in total. The Hall–Kier alpha value is -0.810. The number of benzene rings is 1. The van der Waals surface area contributed by atoms with Crippen LogP contribution in [0.3, 0.4) is 0 Å². The van der Waals surface area contributed by atoms with Gasteiger partial charge in [0.2, 0.25) is 0 Å². The van der Waals surface area contributed by atoms with Crippen LogP contribution in [0.5, 0.6) is 0 Å². The number of halogens is 2. The SMILES string of the molecule is CC1CCCC(CO)(Nc2cc(F)c(Br)cc2N)C1. The van der Waals surface area contributed by atoms with Crippen molar-refractivity contribution in [2.75, 3.05) is 17.7 Å². The van der Waals surface area contributed by atoms with E-state index in [1.807, 2.05) is 0 Å². The average Bonchev–Trinajstić information content (AvgIpc) is 2.36. The van der Waals surface area contributed by atoms with Gasteiger partial charge in [0.05, 0.1) is 28.0 Å². The highest BCUT2D eigenvalue weighted by atomic mass is 79.9. The molecule has 2 rings (SSSR count). The summed E-state index contributed by atoms with van der Waals surface area (Å²) in [5, 5.41) is 13.0. The first-order valence-corrected chi connectivity index (χ1v) is 7.39. The second-order valence-electron chi connectivity index (χ2n) is 5.62. The van der Waals surface area contributed by atoms with Crippen LogP contribution >= 0.6 is 15.9 Å². The summed E-state index contributed by atoms with van der Waals surface area (Å²) in [4.78, 5) is 0. The molecule has 0 heterocycles. The maximum atomic E-state index is 13.6. The van der Waals surface area contributed by atoms with Gasteiger partial charge in [0.25, 0.3) is 0 Å². The molecule has 0 aromatic heterocycles. The molecule has 19 heavy (non-hydrogen) atoms. The first kappa shape index (κ1) is 14.6. The fourth-order valence-corrected chi connectivity index (χ4v) is 3.27. The first-order chi connectivity index (χ1) is 8.96. The third kappa shape index (κ3) is 3.20. The zero-order valence-corrected chi connectivity index (χ0v) is 12.6. The van der Waals surface area contributed by atoms with Crippen molar-refractivity contribution in [1.29, 1.82) is 0 Å². The Balaban J connectivity index is 2.25. The van der Waals surface area contributed by atoms with Crippen molar-refractivity contribution >= 4 is 27.3 Å². The van der Waals surface area contributed by atoms with E-state index < -0.39 is 0 Å². The molecule has 1 aliphatic rings. The predicted molar refractivity (Wildman–Crippen MR) is 79.6 cm³/mol. The van der Waals surface area contributed by atoms with E-state index >= 15 is 0 Å². The molecule has 2 unspecified atom stereocenters. The van der Waals surface area contributed by atoms with Gasteiger partial charge >= 0.3 is 0 Å². The Labute approximate surface area is 121 Å². The van der Waals surface area contributed by atoms with Crippen LogP contribution < -0.4 is 11.1 Å². The molecule has 1 saturated carbocycles. The molecule has 0 bridgehead atoms. The lowest BCUT2D eigenvalue weighted by molar-refractivity contribution is 0.149. The van der Waals surface area contributed by atoms with E-state index in [9.17, 15) is 9.50 Å². The van der Waals surface area contributed by atoms with Crippen LogP contribution in [0.4, 0.5) is 15.8 Å². The van der Waals surface area contributed by atoms with Crippen LogP contribution in [0, 0.1) is 11.7 Å². The molecule has 1 fully saturated rings. The van der Waals surface area contributed by atoms with Gasteiger partial charge in [0.1, 0.15) is 5.82 Å². The van der Waals surface area contributed by atoms with Crippen molar-refractivity contribution in [3.05, 3.63) is 22.4 Å². The lowest BCUT2D eigenvalue weighted by atomic mass is 9.76. The lowest BCUT2D eigenvalue weighted by Gasteiger charge is -2.40. The van der Waals surface area contributed by atoms with E-state index in [1.165, 1.54) is 12.5 Å². The second kappa shape index (κ2) is 5.67. The normalized spacial score (nSPS) is 27.3. The van der Waals surface area contributed by atoms with Crippen molar-refractivity contribution < 1.29 is 9.50 Å². The Bertz CT molecular complexity index is 469. The summed E-state index contributed by atoms with van der Waals surface area (Å²) in [5.74, 6) is 0.198. The molecule has 3 nitrogen and oxygen atoms in total. The van der Waals surface area contributed by atoms with E-state index in [1.54, 1.807) is 6.07 Å². The minimum atomic E-state index is -0.383. The van der Waals surface area contributed by atoms with E-state index in [0.717, 1.165) is 19.3 Å². The van der Waals surface area contributed by atoms with Crippen molar-refractivity contribution in [1.82, 2.24) is 0 Å². The van der Waals surface area contributed by atoms with Crippen LogP contribution in [0.1, 0.15) is 32.6 Å². The molecule has 1 aromatic rings. The summed E-state index contributed by atoms with van der Waals surface area (Å²) < 4.78 is 14.0. The number of rotatable bonds is 3. The van der Waals surface area contributed by atoms with Gasteiger partial charge in [-0.05, 0) is 40.8 Å². The minimum Gasteiger partial charge on any atom is -0.397 e. The molecule has 1 aromatic carbocycles. The number of anilines is 2. The molecule has 0 aliphatic heterocycles. The van der Waals surface area contributed by atoms with Gasteiger partial charge in [0.15, 0.2) is 0 Å². The van der Waals surface area contributed by atoms with E-state index in [0.29, 0.717) is 21.8 Å². The molecule has 5 heteroatoms. The largest absolute Gasteiger partial charge is 0.397 e. The fourth-order valence-electron chi connectivity index (χ4n) is 2.91. The highest BCUT2D eigenvalue weighted by Crippen LogP contribution is 2.37. The van der Waals surface area contributed by atoms with Crippen LogP contribution in [-0.2, 0) is 0 Å². The number of nitrogens with one attached hydrogen (secondary N) is 1. The summed E-state index contributed by atoms with van der Waals surface area (Å²) in [6.07, 6.45) is 3.99. The van der Waals surface area contributed by atoms with Gasteiger partial charge in [-0.1, -0.05) is 19.8 Å². The number of nitrogens with two attached hydrogens (primary N) is 1. The third-order valence-corrected chi connectivity index (χ3v) is 4.49. The zero-order valence-electron chi connectivity index (χ0n) is 11.0. The van der Waals surface area contributed by atoms with E-state index in [-0.39, 0.29) is 18.0 Å². The van der Waals surface area contributed by atoms with E-state index in [2.05, 4.69) is 28.2 Å². The fraction of sp³-hybridized carbons (Fsp3) is 0.571. The first-order valence-electron chi connectivity index (χ1n) is 6.59. The molecule has 0 radical (unpaired) electrons. The molecule has 1 aliphatic carbocycles. The Morgan fingerprint density at radius 2 is 2.32 bits per heavy atom. The van der Waals surface area contributed by atoms with Gasteiger partial charge in [-0.25, -0.2) is 4.39 Å². The molecule has 0 saturated heterocycles. The maximum absolute atomic E-state index is 13.6. The predicted octanol–water partition coefficient (Wildman–Crippen LogP) is 3.52. The van der Waals surface area contributed by atoms with Crippen molar-refractivity contribution in [3.63, 3.8) is 0 Å². The second-order valence-corrected chi connectivity index (χ2v) is 6.47. The average molecular weight is 331 g/mol.